The van der Waals surface area contributed by atoms with Crippen molar-refractivity contribution >= 4 is 23.5 Å². The second-order valence-corrected chi connectivity index (χ2v) is 6.49. The molecular formula is C16H18ClNO3. The summed E-state index contributed by atoms with van der Waals surface area (Å²) in [7, 11) is 0. The first-order valence-corrected chi connectivity index (χ1v) is 7.71. The molecule has 0 radical (unpaired) electrons. The van der Waals surface area contributed by atoms with Crippen LogP contribution in [0.2, 0.25) is 5.02 Å². The van der Waals surface area contributed by atoms with Gasteiger partial charge in [0, 0.05) is 17.0 Å². The molecule has 5 heteroatoms. The van der Waals surface area contributed by atoms with Crippen LogP contribution in [0.15, 0.2) is 24.3 Å². The van der Waals surface area contributed by atoms with Gasteiger partial charge in [-0.2, -0.15) is 0 Å². The van der Waals surface area contributed by atoms with Crippen LogP contribution in [0, 0.1) is 11.8 Å². The first-order valence-electron chi connectivity index (χ1n) is 7.33. The van der Waals surface area contributed by atoms with Crippen molar-refractivity contribution in [3.05, 3.63) is 34.9 Å². The van der Waals surface area contributed by atoms with E-state index in [0.717, 1.165) is 18.4 Å². The molecule has 0 saturated heterocycles. The lowest BCUT2D eigenvalue weighted by molar-refractivity contribution is -0.141. The van der Waals surface area contributed by atoms with Gasteiger partial charge in [-0.15, -0.1) is 0 Å². The number of carbonyl (C=O) groups is 2. The van der Waals surface area contributed by atoms with E-state index >= 15 is 0 Å². The van der Waals surface area contributed by atoms with Crippen LogP contribution in [-0.4, -0.2) is 23.0 Å². The fraction of sp³-hybridized carbons (Fsp3) is 0.500. The number of hydrogen-bond acceptors (Lipinski definition) is 2. The van der Waals surface area contributed by atoms with Crippen molar-refractivity contribution in [2.75, 3.05) is 0 Å². The molecule has 0 heterocycles. The van der Waals surface area contributed by atoms with Gasteiger partial charge < -0.3 is 10.4 Å². The van der Waals surface area contributed by atoms with Crippen LogP contribution < -0.4 is 5.32 Å². The van der Waals surface area contributed by atoms with Crippen LogP contribution in [-0.2, 0) is 9.59 Å². The highest BCUT2D eigenvalue weighted by Gasteiger charge is 2.44. The Bertz CT molecular complexity index is 557. The summed E-state index contributed by atoms with van der Waals surface area (Å²) in [5.74, 6) is -0.696. The molecule has 1 amide bonds. The van der Waals surface area contributed by atoms with Gasteiger partial charge in [0.15, 0.2) is 0 Å². The minimum atomic E-state index is -0.753. The van der Waals surface area contributed by atoms with Crippen molar-refractivity contribution in [1.82, 2.24) is 5.32 Å². The number of carboxylic acid groups (broad SMARTS) is 1. The Labute approximate surface area is 128 Å². The zero-order valence-corrected chi connectivity index (χ0v) is 12.3. The van der Waals surface area contributed by atoms with Crippen LogP contribution in [0.4, 0.5) is 0 Å². The van der Waals surface area contributed by atoms with E-state index in [1.807, 2.05) is 24.3 Å². The van der Waals surface area contributed by atoms with Crippen molar-refractivity contribution in [3.63, 3.8) is 0 Å². The molecule has 0 aromatic heterocycles. The maximum absolute atomic E-state index is 12.2. The Balaban J connectivity index is 1.52. The molecule has 2 saturated carbocycles. The number of benzene rings is 1. The minimum absolute atomic E-state index is 0.0186. The molecule has 2 aliphatic carbocycles. The summed E-state index contributed by atoms with van der Waals surface area (Å²) < 4.78 is 0. The number of halogens is 1. The SMILES string of the molecule is O=C(O)[C@@H]1CC[C@H](NC(=O)[C@@H]2C[C@@H]2c2ccc(Cl)cc2)C1. The molecule has 0 aliphatic heterocycles. The molecule has 1 aromatic carbocycles. The number of hydrogen-bond donors (Lipinski definition) is 2. The molecule has 4 nitrogen and oxygen atoms in total. The van der Waals surface area contributed by atoms with Gasteiger partial charge in [0.1, 0.15) is 0 Å². The van der Waals surface area contributed by atoms with Crippen molar-refractivity contribution in [2.24, 2.45) is 11.8 Å². The van der Waals surface area contributed by atoms with Crippen LogP contribution in [0.1, 0.15) is 37.2 Å². The number of rotatable bonds is 4. The minimum Gasteiger partial charge on any atom is -0.481 e. The standard InChI is InChI=1S/C16H18ClNO3/c17-11-4-1-9(2-5-11)13-8-14(13)15(19)18-12-6-3-10(7-12)16(20)21/h1-2,4-5,10,12-14H,3,6-8H2,(H,18,19)(H,20,21)/t10-,12+,13-,14-/m1/s1. The third-order valence-corrected chi connectivity index (χ3v) is 4.81. The Morgan fingerprint density at radius 2 is 1.86 bits per heavy atom. The Hall–Kier alpha value is -1.55. The molecule has 2 N–H and O–H groups in total. The van der Waals surface area contributed by atoms with E-state index in [9.17, 15) is 9.59 Å². The number of amides is 1. The van der Waals surface area contributed by atoms with Gasteiger partial charge in [0.25, 0.3) is 0 Å². The van der Waals surface area contributed by atoms with E-state index < -0.39 is 5.97 Å². The zero-order chi connectivity index (χ0) is 15.0. The lowest BCUT2D eigenvalue weighted by atomic mass is 10.1. The predicted molar refractivity (Wildman–Crippen MR) is 79.2 cm³/mol. The van der Waals surface area contributed by atoms with Crippen molar-refractivity contribution < 1.29 is 14.7 Å². The van der Waals surface area contributed by atoms with Crippen LogP contribution in [0.5, 0.6) is 0 Å². The zero-order valence-electron chi connectivity index (χ0n) is 11.6. The van der Waals surface area contributed by atoms with Crippen molar-refractivity contribution in [3.8, 4) is 0 Å². The van der Waals surface area contributed by atoms with E-state index in [4.69, 9.17) is 16.7 Å². The molecular weight excluding hydrogens is 290 g/mol. The second-order valence-electron chi connectivity index (χ2n) is 6.05. The van der Waals surface area contributed by atoms with E-state index in [2.05, 4.69) is 5.32 Å². The van der Waals surface area contributed by atoms with Gasteiger partial charge in [-0.3, -0.25) is 9.59 Å². The molecule has 4 atom stereocenters. The molecule has 3 rings (SSSR count). The highest BCUT2D eigenvalue weighted by Crippen LogP contribution is 2.47. The molecule has 0 spiro atoms. The van der Waals surface area contributed by atoms with Gasteiger partial charge in [0.2, 0.25) is 5.91 Å². The summed E-state index contributed by atoms with van der Waals surface area (Å²) in [4.78, 5) is 23.1. The van der Waals surface area contributed by atoms with E-state index in [0.29, 0.717) is 17.9 Å². The predicted octanol–water partition coefficient (Wildman–Crippen LogP) is 2.81. The van der Waals surface area contributed by atoms with E-state index in [1.165, 1.54) is 0 Å². The number of carbonyl (C=O) groups excluding carboxylic acids is 1. The fourth-order valence-electron chi connectivity index (χ4n) is 3.21. The van der Waals surface area contributed by atoms with Gasteiger partial charge in [0.05, 0.1) is 5.92 Å². The van der Waals surface area contributed by atoms with Crippen LogP contribution >= 0.6 is 11.6 Å². The number of nitrogens with one attached hydrogen (secondary N) is 1. The highest BCUT2D eigenvalue weighted by atomic mass is 35.5. The summed E-state index contributed by atoms with van der Waals surface area (Å²) >= 11 is 5.86. The lowest BCUT2D eigenvalue weighted by Crippen LogP contribution is -2.34. The van der Waals surface area contributed by atoms with Gasteiger partial charge in [-0.1, -0.05) is 23.7 Å². The number of carboxylic acids is 1. The van der Waals surface area contributed by atoms with Gasteiger partial charge in [-0.25, -0.2) is 0 Å². The van der Waals surface area contributed by atoms with Crippen molar-refractivity contribution in [2.45, 2.75) is 37.6 Å². The average molecular weight is 308 g/mol. The molecule has 2 fully saturated rings. The largest absolute Gasteiger partial charge is 0.481 e. The summed E-state index contributed by atoms with van der Waals surface area (Å²) in [5.41, 5.74) is 1.15. The monoisotopic (exact) mass is 307 g/mol. The van der Waals surface area contributed by atoms with Crippen LogP contribution in [0.3, 0.4) is 0 Å². The van der Waals surface area contributed by atoms with Crippen LogP contribution in [0.25, 0.3) is 0 Å². The maximum Gasteiger partial charge on any atom is 0.306 e. The summed E-state index contributed by atoms with van der Waals surface area (Å²) in [6, 6.07) is 7.65. The lowest BCUT2D eigenvalue weighted by Gasteiger charge is -2.12. The molecule has 112 valence electrons. The maximum atomic E-state index is 12.2. The summed E-state index contributed by atoms with van der Waals surface area (Å²) in [5, 5.41) is 12.7. The smallest absolute Gasteiger partial charge is 0.306 e. The number of aliphatic carboxylic acids is 1. The average Bonchev–Trinajstić information content (AvgIpc) is 3.11. The fourth-order valence-corrected chi connectivity index (χ4v) is 3.33. The van der Waals surface area contributed by atoms with Gasteiger partial charge >= 0.3 is 5.97 Å². The Morgan fingerprint density at radius 1 is 1.14 bits per heavy atom. The second kappa shape index (κ2) is 5.68. The van der Waals surface area contributed by atoms with E-state index in [-0.39, 0.29) is 29.7 Å². The van der Waals surface area contributed by atoms with Gasteiger partial charge in [-0.05, 0) is 49.3 Å². The Kier molecular flexibility index (Phi) is 3.89. The summed E-state index contributed by atoms with van der Waals surface area (Å²) in [6.45, 7) is 0. The molecule has 0 unspecified atom stereocenters. The molecule has 0 bridgehead atoms. The van der Waals surface area contributed by atoms with E-state index in [1.54, 1.807) is 0 Å². The normalized spacial score (nSPS) is 30.9. The third-order valence-electron chi connectivity index (χ3n) is 4.55. The quantitative estimate of drug-likeness (QED) is 0.899. The summed E-state index contributed by atoms with van der Waals surface area (Å²) in [6.07, 6.45) is 2.84. The third kappa shape index (κ3) is 3.21. The first kappa shape index (κ1) is 14.4. The highest BCUT2D eigenvalue weighted by molar-refractivity contribution is 6.30. The molecule has 2 aliphatic rings. The molecule has 1 aromatic rings. The topological polar surface area (TPSA) is 66.4 Å². The molecule has 21 heavy (non-hydrogen) atoms. The first-order chi connectivity index (χ1) is 10.0. The van der Waals surface area contributed by atoms with Crippen molar-refractivity contribution in [1.29, 1.82) is 0 Å². The Morgan fingerprint density at radius 3 is 2.48 bits per heavy atom.